The van der Waals surface area contributed by atoms with Gasteiger partial charge in [0.15, 0.2) is 0 Å². The SMILES string of the molecule is O=C(O)CCc1ccc(CCC(=O)O)c(NC(=O)OCC2c3ccccc3-c3ccccc32)c1NC(=O)OCC1c2ccccc2-c2ccccc21. The number of carbonyl (C=O) groups is 4. The van der Waals surface area contributed by atoms with Crippen LogP contribution in [0.1, 0.15) is 58.1 Å². The van der Waals surface area contributed by atoms with E-state index in [0.29, 0.717) is 11.1 Å². The maximum absolute atomic E-state index is 13.5. The molecular formula is C42H36N2O8. The van der Waals surface area contributed by atoms with Gasteiger partial charge in [-0.3, -0.25) is 20.2 Å². The number of nitrogens with one attached hydrogen (secondary N) is 2. The van der Waals surface area contributed by atoms with Gasteiger partial charge in [-0.2, -0.15) is 0 Å². The first-order valence-electron chi connectivity index (χ1n) is 17.1. The molecule has 0 unspecified atom stereocenters. The number of hydrogen-bond acceptors (Lipinski definition) is 6. The molecule has 10 heteroatoms. The molecule has 0 atom stereocenters. The second kappa shape index (κ2) is 14.8. The van der Waals surface area contributed by atoms with Crippen LogP contribution in [0.15, 0.2) is 109 Å². The third-order valence-electron chi connectivity index (χ3n) is 9.74. The molecule has 5 aromatic rings. The first-order chi connectivity index (χ1) is 25.3. The van der Waals surface area contributed by atoms with E-state index in [1.165, 1.54) is 0 Å². The van der Waals surface area contributed by atoms with Gasteiger partial charge in [-0.15, -0.1) is 0 Å². The van der Waals surface area contributed by atoms with Crippen molar-refractivity contribution in [3.05, 3.63) is 143 Å². The smallest absolute Gasteiger partial charge is 0.411 e. The average Bonchev–Trinajstić information content (AvgIpc) is 3.65. The van der Waals surface area contributed by atoms with Crippen LogP contribution in [0.25, 0.3) is 22.3 Å². The lowest BCUT2D eigenvalue weighted by Gasteiger charge is -2.21. The molecule has 0 aliphatic heterocycles. The Morgan fingerprint density at radius 1 is 0.481 bits per heavy atom. The number of carbonyl (C=O) groups excluding carboxylic acids is 2. The lowest BCUT2D eigenvalue weighted by atomic mass is 9.98. The quantitative estimate of drug-likeness (QED) is 0.101. The van der Waals surface area contributed by atoms with E-state index >= 15 is 0 Å². The van der Waals surface area contributed by atoms with Gasteiger partial charge < -0.3 is 19.7 Å². The summed E-state index contributed by atoms with van der Waals surface area (Å²) in [5.74, 6) is -2.50. The fraction of sp³-hybridized carbons (Fsp3) is 0.190. The highest BCUT2D eigenvalue weighted by molar-refractivity contribution is 5.98. The Balaban J connectivity index is 1.14. The fourth-order valence-electron chi connectivity index (χ4n) is 7.35. The van der Waals surface area contributed by atoms with Crippen molar-refractivity contribution in [2.75, 3.05) is 23.8 Å². The molecule has 0 fully saturated rings. The molecule has 2 amide bonds. The van der Waals surface area contributed by atoms with Crippen molar-refractivity contribution in [3.8, 4) is 22.3 Å². The second-order valence-electron chi connectivity index (χ2n) is 12.8. The Morgan fingerprint density at radius 2 is 0.788 bits per heavy atom. The molecular weight excluding hydrogens is 660 g/mol. The zero-order valence-electron chi connectivity index (χ0n) is 28.1. The summed E-state index contributed by atoms with van der Waals surface area (Å²) in [6.07, 6.45) is -2.09. The molecule has 2 aliphatic carbocycles. The highest BCUT2D eigenvalue weighted by Gasteiger charge is 2.31. The summed E-state index contributed by atoms with van der Waals surface area (Å²) in [6.45, 7) is 0.0519. The standard InChI is InChI=1S/C42H36N2O8/c45-37(46)21-19-25-17-18-26(20-22-38(47)48)40(44-42(50)52-24-36-33-15-7-3-11-29(33)30-12-4-8-16-34(30)36)39(25)43-41(49)51-23-35-31-13-5-1-9-27(31)28-10-2-6-14-32(28)35/h1-18,35-36H,19-24H2,(H,43,49)(H,44,50)(H,45,46)(H,47,48). The Labute approximate surface area is 300 Å². The van der Waals surface area contributed by atoms with Gasteiger partial charge in [-0.05, 0) is 68.5 Å². The molecule has 0 radical (unpaired) electrons. The van der Waals surface area contributed by atoms with Crippen LogP contribution < -0.4 is 10.6 Å². The Kier molecular flexibility index (Phi) is 9.70. The minimum Gasteiger partial charge on any atom is -0.481 e. The largest absolute Gasteiger partial charge is 0.481 e. The highest BCUT2D eigenvalue weighted by atomic mass is 16.6. The van der Waals surface area contributed by atoms with E-state index in [-0.39, 0.29) is 62.1 Å². The van der Waals surface area contributed by atoms with Crippen molar-refractivity contribution in [1.29, 1.82) is 0 Å². The number of ether oxygens (including phenoxy) is 2. The van der Waals surface area contributed by atoms with Crippen LogP contribution in [0.3, 0.4) is 0 Å². The molecule has 10 nitrogen and oxygen atoms in total. The Morgan fingerprint density at radius 3 is 1.10 bits per heavy atom. The number of anilines is 2. The predicted molar refractivity (Wildman–Crippen MR) is 196 cm³/mol. The van der Waals surface area contributed by atoms with Crippen LogP contribution in [-0.2, 0) is 31.9 Å². The van der Waals surface area contributed by atoms with Crippen LogP contribution in [0.2, 0.25) is 0 Å². The number of aryl methyl sites for hydroxylation is 2. The normalized spacial score (nSPS) is 12.6. The van der Waals surface area contributed by atoms with E-state index in [1.807, 2.05) is 97.1 Å². The van der Waals surface area contributed by atoms with Gasteiger partial charge in [-0.1, -0.05) is 109 Å². The zero-order valence-corrected chi connectivity index (χ0v) is 28.1. The van der Waals surface area contributed by atoms with E-state index in [9.17, 15) is 29.4 Å². The average molecular weight is 697 g/mol. The molecule has 0 saturated carbocycles. The summed E-state index contributed by atoms with van der Waals surface area (Å²) in [7, 11) is 0. The third kappa shape index (κ3) is 6.96. The van der Waals surface area contributed by atoms with Gasteiger partial charge in [0, 0.05) is 24.7 Å². The number of aliphatic carboxylic acids is 2. The van der Waals surface area contributed by atoms with Crippen LogP contribution in [0.5, 0.6) is 0 Å². The number of benzene rings is 5. The van der Waals surface area contributed by atoms with Gasteiger partial charge in [0.05, 0.1) is 11.4 Å². The number of rotatable bonds is 12. The number of amides is 2. The Hall–Kier alpha value is -6.42. The van der Waals surface area contributed by atoms with Crippen molar-refractivity contribution in [1.82, 2.24) is 0 Å². The van der Waals surface area contributed by atoms with Crippen molar-refractivity contribution in [2.24, 2.45) is 0 Å². The fourth-order valence-corrected chi connectivity index (χ4v) is 7.35. The van der Waals surface area contributed by atoms with Gasteiger partial charge in [0.2, 0.25) is 0 Å². The van der Waals surface area contributed by atoms with Crippen molar-refractivity contribution < 1.29 is 38.9 Å². The summed E-state index contributed by atoms with van der Waals surface area (Å²) < 4.78 is 11.6. The molecule has 0 spiro atoms. The van der Waals surface area contributed by atoms with Crippen molar-refractivity contribution in [3.63, 3.8) is 0 Å². The van der Waals surface area contributed by atoms with Crippen LogP contribution >= 0.6 is 0 Å². The molecule has 7 rings (SSSR count). The molecule has 262 valence electrons. The minimum atomic E-state index is -1.05. The summed E-state index contributed by atoms with van der Waals surface area (Å²) in [6, 6.07) is 35.0. The minimum absolute atomic E-state index is 0.0207. The topological polar surface area (TPSA) is 151 Å². The molecule has 0 aromatic heterocycles. The van der Waals surface area contributed by atoms with E-state index in [0.717, 1.165) is 44.5 Å². The lowest BCUT2D eigenvalue weighted by Crippen LogP contribution is -2.23. The van der Waals surface area contributed by atoms with Gasteiger partial charge in [-0.25, -0.2) is 9.59 Å². The summed E-state index contributed by atoms with van der Waals surface area (Å²) >= 11 is 0. The van der Waals surface area contributed by atoms with E-state index in [4.69, 9.17) is 9.47 Å². The number of fused-ring (bicyclic) bond motifs is 6. The first-order valence-corrected chi connectivity index (χ1v) is 17.1. The second-order valence-corrected chi connectivity index (χ2v) is 12.8. The van der Waals surface area contributed by atoms with Gasteiger partial charge >= 0.3 is 24.1 Å². The summed E-state index contributed by atoms with van der Waals surface area (Å²) in [4.78, 5) is 50.3. The summed E-state index contributed by atoms with van der Waals surface area (Å²) in [5, 5.41) is 24.5. The third-order valence-corrected chi connectivity index (χ3v) is 9.74. The van der Waals surface area contributed by atoms with Crippen LogP contribution in [0, 0.1) is 0 Å². The van der Waals surface area contributed by atoms with Crippen LogP contribution in [0.4, 0.5) is 21.0 Å². The lowest BCUT2D eigenvalue weighted by molar-refractivity contribution is -0.138. The van der Waals surface area contributed by atoms with Crippen molar-refractivity contribution >= 4 is 35.5 Å². The highest BCUT2D eigenvalue weighted by Crippen LogP contribution is 2.46. The predicted octanol–water partition coefficient (Wildman–Crippen LogP) is 8.44. The zero-order chi connectivity index (χ0) is 36.2. The molecule has 0 bridgehead atoms. The first kappa shape index (κ1) is 34.0. The van der Waals surface area contributed by atoms with Crippen LogP contribution in [-0.4, -0.2) is 47.6 Å². The van der Waals surface area contributed by atoms with E-state index in [2.05, 4.69) is 10.6 Å². The summed E-state index contributed by atoms with van der Waals surface area (Å²) in [5.41, 5.74) is 9.51. The van der Waals surface area contributed by atoms with Crippen molar-refractivity contribution in [2.45, 2.75) is 37.5 Å². The molecule has 5 aromatic carbocycles. The number of carboxylic acids is 2. The molecule has 0 heterocycles. The molecule has 4 N–H and O–H groups in total. The molecule has 52 heavy (non-hydrogen) atoms. The van der Waals surface area contributed by atoms with Gasteiger partial charge in [0.1, 0.15) is 13.2 Å². The Bertz CT molecular complexity index is 1950. The number of hydrogen-bond donors (Lipinski definition) is 4. The maximum Gasteiger partial charge on any atom is 0.411 e. The monoisotopic (exact) mass is 696 g/mol. The molecule has 2 aliphatic rings. The van der Waals surface area contributed by atoms with E-state index < -0.39 is 24.1 Å². The maximum atomic E-state index is 13.5. The van der Waals surface area contributed by atoms with Gasteiger partial charge in [0.25, 0.3) is 0 Å². The number of carboxylic acid groups (broad SMARTS) is 2. The van der Waals surface area contributed by atoms with E-state index in [1.54, 1.807) is 12.1 Å². The molecule has 0 saturated heterocycles.